The van der Waals surface area contributed by atoms with E-state index in [1.54, 1.807) is 0 Å². The Hall–Kier alpha value is -0.610. The first-order valence-corrected chi connectivity index (χ1v) is 7.89. The molecule has 1 amide bonds. The lowest BCUT2D eigenvalue weighted by atomic mass is 9.90. The summed E-state index contributed by atoms with van der Waals surface area (Å²) >= 11 is 0. The number of rotatable bonds is 5. The number of nitrogens with two attached hydrogens (primary N) is 1. The Kier molecular flexibility index (Phi) is 5.64. The quantitative estimate of drug-likeness (QED) is 0.794. The van der Waals surface area contributed by atoms with E-state index in [1.165, 1.54) is 19.3 Å². The molecule has 0 spiro atoms. The zero-order valence-corrected chi connectivity index (χ0v) is 11.9. The Morgan fingerprint density at radius 3 is 2.47 bits per heavy atom. The molecule has 3 N–H and O–H groups in total. The lowest BCUT2D eigenvalue weighted by Gasteiger charge is -2.36. The molecule has 2 atom stereocenters. The molecule has 2 aliphatic rings. The Morgan fingerprint density at radius 2 is 1.84 bits per heavy atom. The van der Waals surface area contributed by atoms with Gasteiger partial charge >= 0.3 is 0 Å². The molecule has 110 valence electrons. The van der Waals surface area contributed by atoms with Crippen molar-refractivity contribution in [2.24, 2.45) is 17.6 Å². The van der Waals surface area contributed by atoms with E-state index in [9.17, 15) is 9.90 Å². The first-order chi connectivity index (χ1) is 9.27. The molecule has 2 rings (SSSR count). The summed E-state index contributed by atoms with van der Waals surface area (Å²) in [4.78, 5) is 14.7. The maximum Gasteiger partial charge on any atom is 0.226 e. The highest BCUT2D eigenvalue weighted by molar-refractivity contribution is 5.79. The maximum atomic E-state index is 12.8. The second-order valence-corrected chi connectivity index (χ2v) is 6.08. The molecule has 0 aromatic carbocycles. The van der Waals surface area contributed by atoms with Gasteiger partial charge in [0.1, 0.15) is 0 Å². The van der Waals surface area contributed by atoms with Crippen LogP contribution in [0.5, 0.6) is 0 Å². The Balaban J connectivity index is 2.02. The Labute approximate surface area is 116 Å². The van der Waals surface area contributed by atoms with Crippen molar-refractivity contribution in [3.05, 3.63) is 0 Å². The van der Waals surface area contributed by atoms with Crippen LogP contribution in [0.25, 0.3) is 0 Å². The number of nitrogens with zero attached hydrogens (tertiary/aromatic N) is 1. The SMILES string of the molecule is NCC1CCCC1C(=O)N(CCO)C1CCCCC1. The van der Waals surface area contributed by atoms with E-state index in [2.05, 4.69) is 0 Å². The number of amides is 1. The first kappa shape index (κ1) is 14.8. The lowest BCUT2D eigenvalue weighted by Crippen LogP contribution is -2.47. The topological polar surface area (TPSA) is 66.6 Å². The smallest absolute Gasteiger partial charge is 0.226 e. The van der Waals surface area contributed by atoms with Crippen molar-refractivity contribution in [2.75, 3.05) is 19.7 Å². The van der Waals surface area contributed by atoms with Gasteiger partial charge in [-0.05, 0) is 38.1 Å². The average Bonchev–Trinajstić information content (AvgIpc) is 2.93. The van der Waals surface area contributed by atoms with E-state index in [4.69, 9.17) is 5.73 Å². The Morgan fingerprint density at radius 1 is 1.11 bits per heavy atom. The van der Waals surface area contributed by atoms with Crippen molar-refractivity contribution in [3.63, 3.8) is 0 Å². The van der Waals surface area contributed by atoms with Crippen LogP contribution in [0.3, 0.4) is 0 Å². The summed E-state index contributed by atoms with van der Waals surface area (Å²) < 4.78 is 0. The normalized spacial score (nSPS) is 28.5. The average molecular weight is 268 g/mol. The van der Waals surface area contributed by atoms with Gasteiger partial charge in [-0.1, -0.05) is 25.7 Å². The molecule has 2 saturated carbocycles. The fourth-order valence-electron chi connectivity index (χ4n) is 3.83. The van der Waals surface area contributed by atoms with Gasteiger partial charge in [-0.15, -0.1) is 0 Å². The van der Waals surface area contributed by atoms with E-state index in [1.807, 2.05) is 4.90 Å². The number of aliphatic hydroxyl groups is 1. The van der Waals surface area contributed by atoms with E-state index in [0.29, 0.717) is 25.0 Å². The van der Waals surface area contributed by atoms with Gasteiger partial charge in [0.05, 0.1) is 6.61 Å². The second-order valence-electron chi connectivity index (χ2n) is 6.08. The van der Waals surface area contributed by atoms with Crippen molar-refractivity contribution in [1.82, 2.24) is 4.90 Å². The molecular weight excluding hydrogens is 240 g/mol. The third-order valence-corrected chi connectivity index (χ3v) is 4.92. The zero-order chi connectivity index (χ0) is 13.7. The summed E-state index contributed by atoms with van der Waals surface area (Å²) in [5.74, 6) is 0.727. The molecular formula is C15H28N2O2. The van der Waals surface area contributed by atoms with Crippen molar-refractivity contribution in [1.29, 1.82) is 0 Å². The number of hydrogen-bond acceptors (Lipinski definition) is 3. The highest BCUT2D eigenvalue weighted by Crippen LogP contribution is 2.34. The number of hydrogen-bond donors (Lipinski definition) is 2. The fraction of sp³-hybridized carbons (Fsp3) is 0.933. The third-order valence-electron chi connectivity index (χ3n) is 4.92. The maximum absolute atomic E-state index is 12.8. The molecule has 2 unspecified atom stereocenters. The highest BCUT2D eigenvalue weighted by atomic mass is 16.3. The van der Waals surface area contributed by atoms with Crippen LogP contribution in [0.4, 0.5) is 0 Å². The predicted molar refractivity (Wildman–Crippen MR) is 75.6 cm³/mol. The second kappa shape index (κ2) is 7.25. The minimum absolute atomic E-state index is 0.0717. The summed E-state index contributed by atoms with van der Waals surface area (Å²) in [6.07, 6.45) is 9.11. The van der Waals surface area contributed by atoms with E-state index >= 15 is 0 Å². The first-order valence-electron chi connectivity index (χ1n) is 7.89. The van der Waals surface area contributed by atoms with Crippen LogP contribution in [0.1, 0.15) is 51.4 Å². The molecule has 0 radical (unpaired) electrons. The van der Waals surface area contributed by atoms with Crippen molar-refractivity contribution in [3.8, 4) is 0 Å². The molecule has 0 aliphatic heterocycles. The minimum atomic E-state index is 0.0717. The summed E-state index contributed by atoms with van der Waals surface area (Å²) in [5, 5.41) is 9.26. The molecule has 2 aliphatic carbocycles. The van der Waals surface area contributed by atoms with Gasteiger partial charge in [0, 0.05) is 18.5 Å². The van der Waals surface area contributed by atoms with Crippen LogP contribution < -0.4 is 5.73 Å². The summed E-state index contributed by atoms with van der Waals surface area (Å²) in [6.45, 7) is 1.19. The lowest BCUT2D eigenvalue weighted by molar-refractivity contribution is -0.140. The predicted octanol–water partition coefficient (Wildman–Crippen LogP) is 1.51. The van der Waals surface area contributed by atoms with Crippen LogP contribution in [-0.2, 0) is 4.79 Å². The number of carbonyl (C=O) groups excluding carboxylic acids is 1. The molecule has 0 heterocycles. The molecule has 19 heavy (non-hydrogen) atoms. The Bertz CT molecular complexity index is 290. The molecule has 0 saturated heterocycles. The van der Waals surface area contributed by atoms with Gasteiger partial charge < -0.3 is 15.7 Å². The van der Waals surface area contributed by atoms with Crippen molar-refractivity contribution < 1.29 is 9.90 Å². The highest BCUT2D eigenvalue weighted by Gasteiger charge is 2.36. The van der Waals surface area contributed by atoms with Gasteiger partial charge in [0.25, 0.3) is 0 Å². The van der Waals surface area contributed by atoms with E-state index in [0.717, 1.165) is 32.1 Å². The number of carbonyl (C=O) groups is 1. The zero-order valence-electron chi connectivity index (χ0n) is 11.9. The van der Waals surface area contributed by atoms with Crippen LogP contribution in [0.15, 0.2) is 0 Å². The van der Waals surface area contributed by atoms with Gasteiger partial charge in [0.2, 0.25) is 5.91 Å². The van der Waals surface area contributed by atoms with Gasteiger partial charge in [-0.25, -0.2) is 0 Å². The molecule has 2 fully saturated rings. The van der Waals surface area contributed by atoms with E-state index < -0.39 is 0 Å². The van der Waals surface area contributed by atoms with Gasteiger partial charge in [0.15, 0.2) is 0 Å². The van der Waals surface area contributed by atoms with Crippen molar-refractivity contribution in [2.45, 2.75) is 57.4 Å². The molecule has 0 aromatic heterocycles. The van der Waals surface area contributed by atoms with E-state index in [-0.39, 0.29) is 18.4 Å². The minimum Gasteiger partial charge on any atom is -0.395 e. The summed E-state index contributed by atoms with van der Waals surface area (Å²) in [6, 6.07) is 0.354. The standard InChI is InChI=1S/C15H28N2O2/c16-11-12-5-4-8-14(12)15(19)17(9-10-18)13-6-2-1-3-7-13/h12-14,18H,1-11,16H2. The molecule has 4 nitrogen and oxygen atoms in total. The third kappa shape index (κ3) is 3.48. The van der Waals surface area contributed by atoms with Crippen molar-refractivity contribution >= 4 is 5.91 Å². The van der Waals surface area contributed by atoms with Gasteiger partial charge in [-0.3, -0.25) is 4.79 Å². The summed E-state index contributed by atoms with van der Waals surface area (Å²) in [5.41, 5.74) is 5.79. The van der Waals surface area contributed by atoms with Crippen LogP contribution >= 0.6 is 0 Å². The fourth-order valence-corrected chi connectivity index (χ4v) is 3.83. The molecule has 0 aromatic rings. The summed E-state index contributed by atoms with van der Waals surface area (Å²) in [7, 11) is 0. The molecule has 4 heteroatoms. The molecule has 0 bridgehead atoms. The van der Waals surface area contributed by atoms with Crippen LogP contribution in [0, 0.1) is 11.8 Å². The van der Waals surface area contributed by atoms with Crippen LogP contribution in [-0.4, -0.2) is 41.7 Å². The van der Waals surface area contributed by atoms with Crippen LogP contribution in [0.2, 0.25) is 0 Å². The monoisotopic (exact) mass is 268 g/mol. The number of aliphatic hydroxyl groups excluding tert-OH is 1. The largest absolute Gasteiger partial charge is 0.395 e. The van der Waals surface area contributed by atoms with Gasteiger partial charge in [-0.2, -0.15) is 0 Å².